The highest BCUT2D eigenvalue weighted by Crippen LogP contribution is 2.42. The Morgan fingerprint density at radius 3 is 2.32 bits per heavy atom. The molecule has 2 aliphatic heterocycles. The van der Waals surface area contributed by atoms with Gasteiger partial charge in [0.2, 0.25) is 5.91 Å². The van der Waals surface area contributed by atoms with Crippen LogP contribution in [0.25, 0.3) is 5.65 Å². The molecule has 6 rings (SSSR count). The van der Waals surface area contributed by atoms with Crippen LogP contribution in [-0.4, -0.2) is 68.2 Å². The maximum absolute atomic E-state index is 13.3. The van der Waals surface area contributed by atoms with Crippen LogP contribution in [-0.2, 0) is 16.1 Å². The Kier molecular flexibility index (Phi) is 5.51. The van der Waals surface area contributed by atoms with E-state index in [2.05, 4.69) is 0 Å². The zero-order chi connectivity index (χ0) is 26.8. The molecular weight excluding hydrogens is 486 g/mol. The van der Waals surface area contributed by atoms with Crippen molar-refractivity contribution in [3.05, 3.63) is 65.1 Å². The normalized spacial score (nSPS) is 18.0. The molecule has 1 saturated carbocycles. The van der Waals surface area contributed by atoms with Gasteiger partial charge in [0, 0.05) is 25.5 Å². The molecule has 4 heterocycles. The number of pyridine rings is 1. The number of imidazole rings is 1. The lowest BCUT2D eigenvalue weighted by Gasteiger charge is -2.35. The van der Waals surface area contributed by atoms with Gasteiger partial charge in [0.1, 0.15) is 12.1 Å². The van der Waals surface area contributed by atoms with E-state index in [4.69, 9.17) is 9.72 Å². The lowest BCUT2D eigenvalue weighted by molar-refractivity contribution is -0.121. The lowest BCUT2D eigenvalue weighted by atomic mass is 10.1. The maximum atomic E-state index is 13.3. The van der Waals surface area contributed by atoms with E-state index in [0.29, 0.717) is 47.2 Å². The van der Waals surface area contributed by atoms with Gasteiger partial charge in [-0.05, 0) is 63.3 Å². The smallest absolute Gasteiger partial charge is 0.410 e. The van der Waals surface area contributed by atoms with Gasteiger partial charge in [0.05, 0.1) is 29.1 Å². The predicted octanol–water partition coefficient (Wildman–Crippen LogP) is 3.59. The summed E-state index contributed by atoms with van der Waals surface area (Å²) < 4.78 is 7.32. The summed E-state index contributed by atoms with van der Waals surface area (Å²) in [6.45, 7) is 5.97. The molecule has 196 valence electrons. The van der Waals surface area contributed by atoms with E-state index in [1.165, 1.54) is 9.80 Å². The molecule has 0 radical (unpaired) electrons. The number of aromatic nitrogens is 2. The standard InChI is InChI=1S/C28H29N5O5/c1-28(2,3)38-27(37)30-10-11-32(23(34)16-30)22-12-18(17-8-9-17)13-31-14-19(29-24(22)31)15-33-25(35)20-6-4-5-7-21(20)26(33)36/h4-7,12-14,17H,8-11,15-16H2,1-3H3. The average molecular weight is 516 g/mol. The van der Waals surface area contributed by atoms with Crippen molar-refractivity contribution in [1.82, 2.24) is 19.2 Å². The summed E-state index contributed by atoms with van der Waals surface area (Å²) in [5.74, 6) is -0.467. The van der Waals surface area contributed by atoms with Crippen LogP contribution in [0.15, 0.2) is 42.7 Å². The third-order valence-corrected chi connectivity index (χ3v) is 7.01. The van der Waals surface area contributed by atoms with Gasteiger partial charge < -0.3 is 14.0 Å². The molecule has 0 spiro atoms. The zero-order valence-electron chi connectivity index (χ0n) is 21.6. The van der Waals surface area contributed by atoms with E-state index < -0.39 is 11.7 Å². The first-order valence-corrected chi connectivity index (χ1v) is 12.8. The number of anilines is 1. The molecule has 0 N–H and O–H groups in total. The van der Waals surface area contributed by atoms with Gasteiger partial charge in [-0.15, -0.1) is 0 Å². The molecule has 3 aromatic rings. The highest BCUT2D eigenvalue weighted by atomic mass is 16.6. The van der Waals surface area contributed by atoms with Gasteiger partial charge in [0.25, 0.3) is 11.8 Å². The summed E-state index contributed by atoms with van der Waals surface area (Å²) in [7, 11) is 0. The second-order valence-electron chi connectivity index (χ2n) is 11.1. The van der Waals surface area contributed by atoms with E-state index in [1.807, 2.05) is 22.9 Å². The van der Waals surface area contributed by atoms with Crippen LogP contribution < -0.4 is 4.90 Å². The summed E-state index contributed by atoms with van der Waals surface area (Å²) in [5.41, 5.74) is 3.04. The number of carbonyl (C=O) groups excluding carboxylic acids is 4. The highest BCUT2D eigenvalue weighted by Gasteiger charge is 2.37. The van der Waals surface area contributed by atoms with Crippen molar-refractivity contribution in [2.45, 2.75) is 51.7 Å². The molecule has 1 aliphatic carbocycles. The summed E-state index contributed by atoms with van der Waals surface area (Å²) in [4.78, 5) is 60.6. The number of hydrogen-bond donors (Lipinski definition) is 0. The molecule has 0 atom stereocenters. The first kappa shape index (κ1) is 24.1. The molecule has 3 aliphatic rings. The van der Waals surface area contributed by atoms with Crippen LogP contribution in [0.2, 0.25) is 0 Å². The Balaban J connectivity index is 1.29. The van der Waals surface area contributed by atoms with Crippen LogP contribution in [0.4, 0.5) is 10.5 Å². The zero-order valence-corrected chi connectivity index (χ0v) is 21.6. The fourth-order valence-corrected chi connectivity index (χ4v) is 5.02. The minimum Gasteiger partial charge on any atom is -0.444 e. The fraction of sp³-hybridized carbons (Fsp3) is 0.393. The Morgan fingerprint density at radius 1 is 1.03 bits per heavy atom. The van der Waals surface area contributed by atoms with Crippen molar-refractivity contribution in [3.63, 3.8) is 0 Å². The number of nitrogens with zero attached hydrogens (tertiary/aromatic N) is 5. The molecule has 1 aromatic carbocycles. The SMILES string of the molecule is CC(C)(C)OC(=O)N1CCN(c2cc(C3CC3)cn3cc(CN4C(=O)c5ccccc5C4=O)nc23)C(=O)C1. The third-order valence-electron chi connectivity index (χ3n) is 7.01. The molecule has 2 fully saturated rings. The van der Waals surface area contributed by atoms with Crippen LogP contribution in [0.1, 0.15) is 71.5 Å². The van der Waals surface area contributed by atoms with Gasteiger partial charge in [-0.2, -0.15) is 0 Å². The van der Waals surface area contributed by atoms with Crippen molar-refractivity contribution in [3.8, 4) is 0 Å². The minimum atomic E-state index is -0.645. The second kappa shape index (κ2) is 8.68. The van der Waals surface area contributed by atoms with Crippen molar-refractivity contribution in [2.24, 2.45) is 0 Å². The van der Waals surface area contributed by atoms with E-state index in [1.54, 1.807) is 49.9 Å². The molecule has 1 saturated heterocycles. The van der Waals surface area contributed by atoms with Crippen molar-refractivity contribution < 1.29 is 23.9 Å². The van der Waals surface area contributed by atoms with E-state index in [-0.39, 0.29) is 30.8 Å². The predicted molar refractivity (Wildman–Crippen MR) is 138 cm³/mol. The molecule has 2 aromatic heterocycles. The number of ether oxygens (including phenoxy) is 1. The van der Waals surface area contributed by atoms with Crippen molar-refractivity contribution in [2.75, 3.05) is 24.5 Å². The molecular formula is C28H29N5O5. The highest BCUT2D eigenvalue weighted by molar-refractivity contribution is 6.21. The largest absolute Gasteiger partial charge is 0.444 e. The molecule has 0 bridgehead atoms. The number of hydrogen-bond acceptors (Lipinski definition) is 6. The summed E-state index contributed by atoms with van der Waals surface area (Å²) in [6.07, 6.45) is 5.49. The summed E-state index contributed by atoms with van der Waals surface area (Å²) in [6, 6.07) is 8.80. The topological polar surface area (TPSA) is 105 Å². The number of rotatable bonds is 4. The Morgan fingerprint density at radius 2 is 1.71 bits per heavy atom. The molecule has 38 heavy (non-hydrogen) atoms. The second-order valence-corrected chi connectivity index (χ2v) is 11.1. The molecule has 0 unspecified atom stereocenters. The Bertz CT molecular complexity index is 1460. The Labute approximate surface area is 219 Å². The van der Waals surface area contributed by atoms with E-state index in [0.717, 1.165) is 18.4 Å². The summed E-state index contributed by atoms with van der Waals surface area (Å²) >= 11 is 0. The quantitative estimate of drug-likeness (QED) is 0.492. The van der Waals surface area contributed by atoms with Crippen LogP contribution in [0.3, 0.4) is 0 Å². The van der Waals surface area contributed by atoms with E-state index in [9.17, 15) is 19.2 Å². The first-order valence-electron chi connectivity index (χ1n) is 12.8. The van der Waals surface area contributed by atoms with Crippen molar-refractivity contribution >= 4 is 35.1 Å². The number of carbonyl (C=O) groups is 4. The van der Waals surface area contributed by atoms with E-state index >= 15 is 0 Å². The average Bonchev–Trinajstić information content (AvgIpc) is 3.60. The van der Waals surface area contributed by atoms with Gasteiger partial charge in [-0.1, -0.05) is 12.1 Å². The number of piperazine rings is 1. The molecule has 4 amide bonds. The van der Waals surface area contributed by atoms with Crippen LogP contribution >= 0.6 is 0 Å². The Hall–Kier alpha value is -4.21. The minimum absolute atomic E-state index is 0.0343. The lowest BCUT2D eigenvalue weighted by Crippen LogP contribution is -2.53. The van der Waals surface area contributed by atoms with Crippen LogP contribution in [0, 0.1) is 0 Å². The maximum Gasteiger partial charge on any atom is 0.410 e. The monoisotopic (exact) mass is 515 g/mol. The number of imide groups is 1. The van der Waals surface area contributed by atoms with Crippen LogP contribution in [0.5, 0.6) is 0 Å². The molecule has 10 heteroatoms. The number of fused-ring (bicyclic) bond motifs is 2. The first-order chi connectivity index (χ1) is 18.1. The summed E-state index contributed by atoms with van der Waals surface area (Å²) in [5, 5.41) is 0. The molecule has 10 nitrogen and oxygen atoms in total. The van der Waals surface area contributed by atoms with Gasteiger partial charge >= 0.3 is 6.09 Å². The number of amides is 4. The van der Waals surface area contributed by atoms with Gasteiger partial charge in [-0.25, -0.2) is 9.78 Å². The van der Waals surface area contributed by atoms with Gasteiger partial charge in [0.15, 0.2) is 5.65 Å². The third kappa shape index (κ3) is 4.29. The van der Waals surface area contributed by atoms with Gasteiger partial charge in [-0.3, -0.25) is 24.2 Å². The van der Waals surface area contributed by atoms with Crippen molar-refractivity contribution in [1.29, 1.82) is 0 Å². The fourth-order valence-electron chi connectivity index (χ4n) is 5.02. The number of benzene rings is 1.